The van der Waals surface area contributed by atoms with E-state index in [-0.39, 0.29) is 24.8 Å². The molecule has 0 aliphatic rings. The Labute approximate surface area is 178 Å². The predicted molar refractivity (Wildman–Crippen MR) is 105 cm³/mol. The highest BCUT2D eigenvalue weighted by Crippen LogP contribution is 2.15. The zero-order valence-corrected chi connectivity index (χ0v) is 18.6. The van der Waals surface area contributed by atoms with Crippen LogP contribution in [0.15, 0.2) is 49.1 Å². The van der Waals surface area contributed by atoms with Crippen LogP contribution in [0.1, 0.15) is 71.1 Å². The summed E-state index contributed by atoms with van der Waals surface area (Å²) in [5.41, 5.74) is 2.57. The van der Waals surface area contributed by atoms with Crippen molar-refractivity contribution in [1.29, 1.82) is 0 Å². The van der Waals surface area contributed by atoms with E-state index in [9.17, 15) is 0 Å². The van der Waals surface area contributed by atoms with E-state index in [0.29, 0.717) is 0 Å². The summed E-state index contributed by atoms with van der Waals surface area (Å²) in [5, 5.41) is 0. The molecule has 2 aromatic heterocycles. The number of unbranched alkanes of at least 4 members (excludes halogenated alkanes) is 9. The standard InChI is InChI=1S/C23H36N2.2ClH/c1-3-4-5-6-7-8-9-10-11-12-17-25-20-15-23(16-21-25)22-13-18-24(2)19-14-22;;/h13-16,18-21H,3-12,17H2,1-2H3;2*1H/q+2;;/p-2. The Morgan fingerprint density at radius 1 is 0.593 bits per heavy atom. The molecule has 0 fully saturated rings. The number of hydrogen-bond acceptors (Lipinski definition) is 0. The third-order valence-corrected chi connectivity index (χ3v) is 4.97. The second-order valence-corrected chi connectivity index (χ2v) is 7.26. The fraction of sp³-hybridized carbons (Fsp3) is 0.565. The molecule has 2 heterocycles. The summed E-state index contributed by atoms with van der Waals surface area (Å²) >= 11 is 0. The molecule has 2 rings (SSSR count). The lowest BCUT2D eigenvalue weighted by Gasteiger charge is -2.02. The van der Waals surface area contributed by atoms with Crippen LogP contribution in [-0.4, -0.2) is 0 Å². The van der Waals surface area contributed by atoms with E-state index in [1.54, 1.807) is 0 Å². The fourth-order valence-corrected chi connectivity index (χ4v) is 3.27. The van der Waals surface area contributed by atoms with Gasteiger partial charge in [0.15, 0.2) is 24.8 Å². The van der Waals surface area contributed by atoms with Gasteiger partial charge >= 0.3 is 0 Å². The summed E-state index contributed by atoms with van der Waals surface area (Å²) < 4.78 is 4.38. The van der Waals surface area contributed by atoms with Crippen molar-refractivity contribution >= 4 is 0 Å². The van der Waals surface area contributed by atoms with Gasteiger partial charge in [-0.2, -0.15) is 0 Å². The third kappa shape index (κ3) is 10.7. The summed E-state index contributed by atoms with van der Waals surface area (Å²) in [6.07, 6.45) is 22.6. The van der Waals surface area contributed by atoms with Gasteiger partial charge in [-0.15, -0.1) is 0 Å². The van der Waals surface area contributed by atoms with E-state index in [1.807, 2.05) is 0 Å². The number of pyridine rings is 2. The summed E-state index contributed by atoms with van der Waals surface area (Å²) in [5.74, 6) is 0. The molecule has 0 N–H and O–H groups in total. The van der Waals surface area contributed by atoms with Crippen molar-refractivity contribution in [3.8, 4) is 11.1 Å². The molecule has 0 atom stereocenters. The third-order valence-electron chi connectivity index (χ3n) is 4.97. The first-order chi connectivity index (χ1) is 12.3. The van der Waals surface area contributed by atoms with Crippen molar-refractivity contribution in [2.24, 2.45) is 7.05 Å². The second kappa shape index (κ2) is 15.9. The highest BCUT2D eigenvalue weighted by Gasteiger charge is 2.04. The largest absolute Gasteiger partial charge is 1.00 e. The van der Waals surface area contributed by atoms with Crippen molar-refractivity contribution in [2.75, 3.05) is 0 Å². The van der Waals surface area contributed by atoms with Crippen molar-refractivity contribution in [3.63, 3.8) is 0 Å². The van der Waals surface area contributed by atoms with Crippen LogP contribution in [0.5, 0.6) is 0 Å². The molecule has 2 aromatic rings. The Morgan fingerprint density at radius 3 is 1.48 bits per heavy atom. The first-order valence-corrected chi connectivity index (χ1v) is 10.2. The van der Waals surface area contributed by atoms with Crippen LogP contribution in [-0.2, 0) is 13.6 Å². The summed E-state index contributed by atoms with van der Waals surface area (Å²) in [6, 6.07) is 8.79. The Hall–Kier alpha value is -1.12. The molecule has 0 aromatic carbocycles. The van der Waals surface area contributed by atoms with Gasteiger partial charge in [0.05, 0.1) is 0 Å². The molecule has 0 aliphatic heterocycles. The maximum atomic E-state index is 2.32. The Kier molecular flexibility index (Phi) is 15.2. The first kappa shape index (κ1) is 25.9. The Morgan fingerprint density at radius 2 is 1.00 bits per heavy atom. The lowest BCUT2D eigenvalue weighted by molar-refractivity contribution is -0.697. The van der Waals surface area contributed by atoms with Crippen LogP contribution in [0, 0.1) is 0 Å². The molecule has 27 heavy (non-hydrogen) atoms. The van der Waals surface area contributed by atoms with Crippen LogP contribution in [0.25, 0.3) is 11.1 Å². The maximum Gasteiger partial charge on any atom is 0.169 e. The average molecular weight is 411 g/mol. The van der Waals surface area contributed by atoms with E-state index in [0.717, 1.165) is 6.54 Å². The van der Waals surface area contributed by atoms with Gasteiger partial charge in [0.25, 0.3) is 0 Å². The number of aryl methyl sites for hydroxylation is 2. The topological polar surface area (TPSA) is 7.76 Å². The number of aromatic nitrogens is 2. The van der Waals surface area contributed by atoms with Gasteiger partial charge in [-0.05, 0) is 17.5 Å². The summed E-state index contributed by atoms with van der Waals surface area (Å²) in [7, 11) is 2.05. The van der Waals surface area contributed by atoms with Crippen molar-refractivity contribution in [1.82, 2.24) is 0 Å². The zero-order valence-electron chi connectivity index (χ0n) is 17.0. The number of halogens is 2. The molecule has 0 bridgehead atoms. The molecule has 4 heteroatoms. The quantitative estimate of drug-likeness (QED) is 0.326. The minimum Gasteiger partial charge on any atom is -1.00 e. The average Bonchev–Trinajstić information content (AvgIpc) is 2.64. The molecular weight excluding hydrogens is 375 g/mol. The molecule has 152 valence electrons. The highest BCUT2D eigenvalue weighted by molar-refractivity contribution is 5.60. The predicted octanol–water partition coefficient (Wildman–Crippen LogP) is -0.605. The smallest absolute Gasteiger partial charge is 0.169 e. The van der Waals surface area contributed by atoms with Gasteiger partial charge in [-0.3, -0.25) is 0 Å². The van der Waals surface area contributed by atoms with Crippen molar-refractivity contribution in [2.45, 2.75) is 77.7 Å². The molecule has 0 saturated heterocycles. The summed E-state index contributed by atoms with van der Waals surface area (Å²) in [6.45, 7) is 3.42. The molecular formula is C23H36Cl2N2. The number of hydrogen-bond donors (Lipinski definition) is 0. The summed E-state index contributed by atoms with van der Waals surface area (Å²) in [4.78, 5) is 0. The molecule has 0 saturated carbocycles. The van der Waals surface area contributed by atoms with E-state index < -0.39 is 0 Å². The Bertz CT molecular complexity index is 582. The fourth-order valence-electron chi connectivity index (χ4n) is 3.27. The first-order valence-electron chi connectivity index (χ1n) is 10.2. The molecule has 0 aliphatic carbocycles. The molecule has 2 nitrogen and oxygen atoms in total. The van der Waals surface area contributed by atoms with Crippen molar-refractivity contribution in [3.05, 3.63) is 49.1 Å². The molecule has 0 amide bonds. The lowest BCUT2D eigenvalue weighted by atomic mass is 10.1. The van der Waals surface area contributed by atoms with Gasteiger partial charge in [-0.1, -0.05) is 58.3 Å². The minimum absolute atomic E-state index is 0. The second-order valence-electron chi connectivity index (χ2n) is 7.26. The number of nitrogens with zero attached hydrogens (tertiary/aromatic N) is 2. The van der Waals surface area contributed by atoms with Crippen LogP contribution in [0.3, 0.4) is 0 Å². The highest BCUT2D eigenvalue weighted by atomic mass is 35.5. The molecule has 0 radical (unpaired) electrons. The van der Waals surface area contributed by atoms with E-state index in [1.165, 1.54) is 75.3 Å². The zero-order chi connectivity index (χ0) is 17.7. The van der Waals surface area contributed by atoms with Gasteiger partial charge < -0.3 is 24.8 Å². The SMILES string of the molecule is CCCCCCCCCCCC[n+]1ccc(-c2cc[n+](C)cc2)cc1.[Cl-].[Cl-]. The van der Waals surface area contributed by atoms with E-state index >= 15 is 0 Å². The van der Waals surface area contributed by atoms with Gasteiger partial charge in [0.1, 0.15) is 13.6 Å². The van der Waals surface area contributed by atoms with Crippen LogP contribution in [0.4, 0.5) is 0 Å². The van der Waals surface area contributed by atoms with Crippen LogP contribution >= 0.6 is 0 Å². The minimum atomic E-state index is 0. The normalized spacial score (nSPS) is 10.1. The van der Waals surface area contributed by atoms with Gasteiger partial charge in [0.2, 0.25) is 0 Å². The molecule has 0 unspecified atom stereocenters. The lowest BCUT2D eigenvalue weighted by Crippen LogP contribution is -3.00. The monoisotopic (exact) mass is 410 g/mol. The van der Waals surface area contributed by atoms with Crippen LogP contribution < -0.4 is 33.9 Å². The van der Waals surface area contributed by atoms with E-state index in [4.69, 9.17) is 0 Å². The Balaban J connectivity index is 0.00000338. The number of rotatable bonds is 12. The maximum absolute atomic E-state index is 2.32. The van der Waals surface area contributed by atoms with Gasteiger partial charge in [0, 0.05) is 30.7 Å². The van der Waals surface area contributed by atoms with Gasteiger partial charge in [-0.25, -0.2) is 9.13 Å². The van der Waals surface area contributed by atoms with Crippen molar-refractivity contribution < 1.29 is 33.9 Å². The van der Waals surface area contributed by atoms with E-state index in [2.05, 4.69) is 72.2 Å². The van der Waals surface area contributed by atoms with Crippen LogP contribution in [0.2, 0.25) is 0 Å². The molecule has 0 spiro atoms.